The SMILES string of the molecule is CC(=O)OC1CCC=CC(=O)Cc2ccccc2C1. The van der Waals surface area contributed by atoms with Gasteiger partial charge in [-0.1, -0.05) is 30.3 Å². The Morgan fingerprint density at radius 1 is 1.26 bits per heavy atom. The molecule has 0 spiro atoms. The van der Waals surface area contributed by atoms with Crippen molar-refractivity contribution in [3.8, 4) is 0 Å². The molecule has 0 saturated heterocycles. The summed E-state index contributed by atoms with van der Waals surface area (Å²) in [6.45, 7) is 1.43. The smallest absolute Gasteiger partial charge is 0.302 e. The highest BCUT2D eigenvalue weighted by Crippen LogP contribution is 2.18. The van der Waals surface area contributed by atoms with E-state index >= 15 is 0 Å². The number of carbonyl (C=O) groups is 2. The minimum absolute atomic E-state index is 0.114. The molecular weight excluding hydrogens is 240 g/mol. The summed E-state index contributed by atoms with van der Waals surface area (Å²) >= 11 is 0. The van der Waals surface area contributed by atoms with Crippen LogP contribution in [0.2, 0.25) is 0 Å². The van der Waals surface area contributed by atoms with Gasteiger partial charge in [-0.15, -0.1) is 0 Å². The van der Waals surface area contributed by atoms with Crippen LogP contribution in [0, 0.1) is 0 Å². The number of benzene rings is 1. The first kappa shape index (κ1) is 13.5. The van der Waals surface area contributed by atoms with Gasteiger partial charge in [0.2, 0.25) is 0 Å². The summed E-state index contributed by atoms with van der Waals surface area (Å²) in [6, 6.07) is 7.86. The van der Waals surface area contributed by atoms with Gasteiger partial charge in [-0.2, -0.15) is 0 Å². The Bertz CT molecular complexity index is 502. The van der Waals surface area contributed by atoms with Crippen LogP contribution >= 0.6 is 0 Å². The molecule has 1 aliphatic carbocycles. The van der Waals surface area contributed by atoms with Crippen molar-refractivity contribution >= 4 is 11.8 Å². The monoisotopic (exact) mass is 258 g/mol. The largest absolute Gasteiger partial charge is 0.462 e. The molecule has 0 aromatic heterocycles. The standard InChI is InChI=1S/C16H18O3/c1-12(17)19-16-9-5-4-8-15(18)10-13-6-2-3-7-14(13)11-16/h2-4,6-8,16H,5,9-11H2,1H3. The number of ether oxygens (including phenoxy) is 1. The molecular formula is C16H18O3. The number of ketones is 1. The molecule has 19 heavy (non-hydrogen) atoms. The highest BCUT2D eigenvalue weighted by Gasteiger charge is 2.16. The zero-order valence-electron chi connectivity index (χ0n) is 11.1. The molecule has 0 bridgehead atoms. The molecule has 0 N–H and O–H groups in total. The first-order chi connectivity index (χ1) is 9.15. The molecule has 0 aliphatic heterocycles. The maximum atomic E-state index is 11.8. The van der Waals surface area contributed by atoms with Crippen molar-refractivity contribution in [1.82, 2.24) is 0 Å². The predicted molar refractivity (Wildman–Crippen MR) is 72.8 cm³/mol. The van der Waals surface area contributed by atoms with Crippen LogP contribution in [0.5, 0.6) is 0 Å². The molecule has 1 aromatic carbocycles. The Kier molecular flexibility index (Phi) is 4.50. The average molecular weight is 258 g/mol. The fourth-order valence-corrected chi connectivity index (χ4v) is 2.36. The Balaban J connectivity index is 2.25. The summed E-state index contributed by atoms with van der Waals surface area (Å²) in [5.41, 5.74) is 2.12. The van der Waals surface area contributed by atoms with Crippen molar-refractivity contribution < 1.29 is 14.3 Å². The summed E-state index contributed by atoms with van der Waals surface area (Å²) < 4.78 is 5.35. The molecule has 1 atom stereocenters. The molecule has 1 unspecified atom stereocenters. The summed E-state index contributed by atoms with van der Waals surface area (Å²) in [5, 5.41) is 0. The zero-order valence-corrected chi connectivity index (χ0v) is 11.1. The third-order valence-corrected chi connectivity index (χ3v) is 3.22. The predicted octanol–water partition coefficient (Wildman–Crippen LogP) is 2.62. The number of esters is 1. The minimum Gasteiger partial charge on any atom is -0.462 e. The maximum Gasteiger partial charge on any atom is 0.302 e. The summed E-state index contributed by atoms with van der Waals surface area (Å²) in [7, 11) is 0. The van der Waals surface area contributed by atoms with Gasteiger partial charge < -0.3 is 4.74 Å². The van der Waals surface area contributed by atoms with Crippen LogP contribution in [0.3, 0.4) is 0 Å². The molecule has 3 heteroatoms. The third kappa shape index (κ3) is 4.05. The molecule has 0 fully saturated rings. The van der Waals surface area contributed by atoms with E-state index in [-0.39, 0.29) is 17.9 Å². The van der Waals surface area contributed by atoms with Crippen molar-refractivity contribution in [2.24, 2.45) is 0 Å². The van der Waals surface area contributed by atoms with E-state index in [4.69, 9.17) is 4.74 Å². The summed E-state index contributed by atoms with van der Waals surface area (Å²) in [5.74, 6) is -0.127. The second kappa shape index (κ2) is 6.32. The van der Waals surface area contributed by atoms with Crippen LogP contribution in [-0.4, -0.2) is 17.9 Å². The van der Waals surface area contributed by atoms with Crippen LogP contribution in [0.1, 0.15) is 30.9 Å². The van der Waals surface area contributed by atoms with Crippen molar-refractivity contribution in [2.45, 2.75) is 38.7 Å². The van der Waals surface area contributed by atoms with Gasteiger partial charge in [0.05, 0.1) is 0 Å². The van der Waals surface area contributed by atoms with Gasteiger partial charge in [0.25, 0.3) is 0 Å². The van der Waals surface area contributed by atoms with Crippen molar-refractivity contribution in [3.05, 3.63) is 47.5 Å². The number of allylic oxidation sites excluding steroid dienone is 2. The van der Waals surface area contributed by atoms with E-state index in [0.717, 1.165) is 24.0 Å². The van der Waals surface area contributed by atoms with Crippen molar-refractivity contribution in [3.63, 3.8) is 0 Å². The van der Waals surface area contributed by atoms with Crippen LogP contribution in [0.4, 0.5) is 0 Å². The van der Waals surface area contributed by atoms with E-state index in [2.05, 4.69) is 0 Å². The summed E-state index contributed by atoms with van der Waals surface area (Å²) in [4.78, 5) is 22.9. The highest BCUT2D eigenvalue weighted by atomic mass is 16.5. The number of carbonyl (C=O) groups excluding carboxylic acids is 2. The average Bonchev–Trinajstić information content (AvgIpc) is 2.36. The van der Waals surface area contributed by atoms with Crippen LogP contribution in [0.25, 0.3) is 0 Å². The van der Waals surface area contributed by atoms with Crippen LogP contribution in [-0.2, 0) is 27.2 Å². The first-order valence-corrected chi connectivity index (χ1v) is 6.58. The van der Waals surface area contributed by atoms with E-state index in [0.29, 0.717) is 12.8 Å². The fraction of sp³-hybridized carbons (Fsp3) is 0.375. The van der Waals surface area contributed by atoms with Gasteiger partial charge in [0.1, 0.15) is 6.10 Å². The summed E-state index contributed by atoms with van der Waals surface area (Å²) in [6.07, 6.45) is 5.98. The van der Waals surface area contributed by atoms with Gasteiger partial charge in [0.15, 0.2) is 5.78 Å². The van der Waals surface area contributed by atoms with Gasteiger partial charge in [-0.25, -0.2) is 0 Å². The lowest BCUT2D eigenvalue weighted by Crippen LogP contribution is -2.20. The lowest BCUT2D eigenvalue weighted by molar-refractivity contribution is -0.146. The van der Waals surface area contributed by atoms with Crippen LogP contribution in [0.15, 0.2) is 36.4 Å². The lowest BCUT2D eigenvalue weighted by atomic mass is 9.94. The van der Waals surface area contributed by atoms with E-state index in [1.165, 1.54) is 6.92 Å². The molecule has 3 nitrogen and oxygen atoms in total. The number of rotatable bonds is 1. The third-order valence-electron chi connectivity index (χ3n) is 3.22. The van der Waals surface area contributed by atoms with Crippen LogP contribution < -0.4 is 0 Å². The first-order valence-electron chi connectivity index (χ1n) is 6.58. The molecule has 0 heterocycles. The minimum atomic E-state index is -0.250. The van der Waals surface area contributed by atoms with Gasteiger partial charge in [0, 0.05) is 19.8 Å². The second-order valence-corrected chi connectivity index (χ2v) is 4.83. The second-order valence-electron chi connectivity index (χ2n) is 4.83. The van der Waals surface area contributed by atoms with Gasteiger partial charge in [-0.05, 0) is 30.0 Å². The van der Waals surface area contributed by atoms with E-state index in [1.54, 1.807) is 6.08 Å². The molecule has 0 saturated carbocycles. The Hall–Kier alpha value is -1.90. The topological polar surface area (TPSA) is 43.4 Å². The van der Waals surface area contributed by atoms with E-state index < -0.39 is 0 Å². The molecule has 0 radical (unpaired) electrons. The lowest BCUT2D eigenvalue weighted by Gasteiger charge is -2.19. The maximum absolute atomic E-state index is 11.8. The highest BCUT2D eigenvalue weighted by molar-refractivity contribution is 5.91. The van der Waals surface area contributed by atoms with Crippen molar-refractivity contribution in [1.29, 1.82) is 0 Å². The number of hydrogen-bond donors (Lipinski definition) is 0. The van der Waals surface area contributed by atoms with Gasteiger partial charge in [-0.3, -0.25) is 9.59 Å². The molecule has 1 aromatic rings. The van der Waals surface area contributed by atoms with Crippen molar-refractivity contribution in [2.75, 3.05) is 0 Å². The fourth-order valence-electron chi connectivity index (χ4n) is 2.36. The number of hydrogen-bond acceptors (Lipinski definition) is 3. The molecule has 1 aliphatic rings. The quantitative estimate of drug-likeness (QED) is 0.727. The zero-order chi connectivity index (χ0) is 13.7. The molecule has 0 amide bonds. The van der Waals surface area contributed by atoms with E-state index in [9.17, 15) is 9.59 Å². The van der Waals surface area contributed by atoms with Gasteiger partial charge >= 0.3 is 5.97 Å². The molecule has 100 valence electrons. The molecule has 2 rings (SSSR count). The normalized spacial score (nSPS) is 19.6. The number of fused-ring (bicyclic) bond motifs is 1. The van der Waals surface area contributed by atoms with E-state index in [1.807, 2.05) is 30.3 Å². The Morgan fingerprint density at radius 3 is 2.74 bits per heavy atom. The Labute approximate surface area is 113 Å². The Morgan fingerprint density at radius 2 is 2.00 bits per heavy atom.